The van der Waals surface area contributed by atoms with E-state index in [1.165, 1.54) is 4.90 Å². The third-order valence-corrected chi connectivity index (χ3v) is 3.00. The number of benzene rings is 2. The van der Waals surface area contributed by atoms with Crippen molar-refractivity contribution >= 4 is 5.91 Å². The molecule has 1 amide bonds. The first-order chi connectivity index (χ1) is 9.18. The monoisotopic (exact) mass is 255 g/mol. The zero-order valence-electron chi connectivity index (χ0n) is 10.9. The van der Waals surface area contributed by atoms with Crippen molar-refractivity contribution in [2.24, 2.45) is 0 Å². The number of nitrogens with zero attached hydrogens (tertiary/aromatic N) is 1. The van der Waals surface area contributed by atoms with Gasteiger partial charge in [-0.25, -0.2) is 0 Å². The number of carbonyl (C=O) groups excluding carboxylic acids is 1. The molecule has 0 saturated carbocycles. The predicted octanol–water partition coefficient (Wildman–Crippen LogP) is 2.49. The first-order valence-corrected chi connectivity index (χ1v) is 6.22. The van der Waals surface area contributed by atoms with Crippen LogP contribution in [0.1, 0.15) is 22.0 Å². The Morgan fingerprint density at radius 3 is 2.16 bits per heavy atom. The van der Waals surface area contributed by atoms with Gasteiger partial charge in [-0.2, -0.15) is 0 Å². The molecule has 0 unspecified atom stereocenters. The molecule has 3 heteroatoms. The number of likely N-dealkylation sites (N-methyl/N-ethyl adjacent to an activating group) is 1. The van der Waals surface area contributed by atoms with Gasteiger partial charge in [-0.15, -0.1) is 0 Å². The van der Waals surface area contributed by atoms with E-state index in [0.29, 0.717) is 5.56 Å². The van der Waals surface area contributed by atoms with E-state index < -0.39 is 6.10 Å². The average molecular weight is 255 g/mol. The van der Waals surface area contributed by atoms with Crippen molar-refractivity contribution in [2.75, 3.05) is 13.6 Å². The summed E-state index contributed by atoms with van der Waals surface area (Å²) in [6.45, 7) is 0.276. The molecule has 0 aromatic heterocycles. The average Bonchev–Trinajstić information content (AvgIpc) is 2.48. The van der Waals surface area contributed by atoms with Crippen molar-refractivity contribution in [1.82, 2.24) is 4.90 Å². The predicted molar refractivity (Wildman–Crippen MR) is 74.8 cm³/mol. The van der Waals surface area contributed by atoms with Crippen LogP contribution in [0.5, 0.6) is 0 Å². The van der Waals surface area contributed by atoms with Gasteiger partial charge in [0.2, 0.25) is 0 Å². The summed E-state index contributed by atoms with van der Waals surface area (Å²) in [7, 11) is 1.70. The number of aliphatic hydroxyl groups is 1. The zero-order chi connectivity index (χ0) is 13.7. The summed E-state index contributed by atoms with van der Waals surface area (Å²) in [5.41, 5.74) is 1.44. The van der Waals surface area contributed by atoms with Crippen LogP contribution in [0.4, 0.5) is 0 Å². The molecule has 98 valence electrons. The van der Waals surface area contributed by atoms with Crippen molar-refractivity contribution < 1.29 is 9.90 Å². The molecule has 2 aromatic carbocycles. The molecular formula is C16H17NO2. The lowest BCUT2D eigenvalue weighted by Crippen LogP contribution is -2.31. The molecule has 2 rings (SSSR count). The van der Waals surface area contributed by atoms with Crippen LogP contribution in [0.15, 0.2) is 60.7 Å². The zero-order valence-corrected chi connectivity index (χ0v) is 10.9. The third-order valence-electron chi connectivity index (χ3n) is 3.00. The summed E-state index contributed by atoms with van der Waals surface area (Å²) in [6, 6.07) is 18.4. The molecule has 0 bridgehead atoms. The summed E-state index contributed by atoms with van der Waals surface area (Å²) < 4.78 is 0. The molecular weight excluding hydrogens is 238 g/mol. The molecule has 1 N–H and O–H groups in total. The van der Waals surface area contributed by atoms with Gasteiger partial charge in [-0.3, -0.25) is 4.79 Å². The molecule has 0 radical (unpaired) electrons. The van der Waals surface area contributed by atoms with Crippen molar-refractivity contribution in [1.29, 1.82) is 0 Å². The molecule has 0 aliphatic heterocycles. The molecule has 0 fully saturated rings. The number of carbonyl (C=O) groups is 1. The largest absolute Gasteiger partial charge is 0.387 e. The van der Waals surface area contributed by atoms with E-state index >= 15 is 0 Å². The molecule has 19 heavy (non-hydrogen) atoms. The Hall–Kier alpha value is -2.13. The molecule has 2 aromatic rings. The first-order valence-electron chi connectivity index (χ1n) is 6.22. The van der Waals surface area contributed by atoms with Gasteiger partial charge in [-0.05, 0) is 17.7 Å². The van der Waals surface area contributed by atoms with Gasteiger partial charge < -0.3 is 10.0 Å². The summed E-state index contributed by atoms with van der Waals surface area (Å²) in [5, 5.41) is 10.1. The molecule has 0 saturated heterocycles. The Bertz CT molecular complexity index is 525. The van der Waals surface area contributed by atoms with E-state index in [2.05, 4.69) is 0 Å². The molecule has 0 heterocycles. The highest BCUT2D eigenvalue weighted by atomic mass is 16.3. The van der Waals surface area contributed by atoms with Crippen LogP contribution in [-0.2, 0) is 0 Å². The normalized spacial score (nSPS) is 11.9. The maximum atomic E-state index is 12.1. The van der Waals surface area contributed by atoms with Crippen molar-refractivity contribution in [2.45, 2.75) is 6.10 Å². The van der Waals surface area contributed by atoms with Gasteiger partial charge in [0.05, 0.1) is 12.6 Å². The molecule has 0 aliphatic rings. The van der Waals surface area contributed by atoms with Gasteiger partial charge in [0, 0.05) is 12.6 Å². The van der Waals surface area contributed by atoms with Gasteiger partial charge in [0.25, 0.3) is 5.91 Å². The number of aliphatic hydroxyl groups excluding tert-OH is 1. The van der Waals surface area contributed by atoms with Crippen LogP contribution >= 0.6 is 0 Å². The van der Waals surface area contributed by atoms with E-state index in [-0.39, 0.29) is 12.5 Å². The Balaban J connectivity index is 2.02. The summed E-state index contributed by atoms with van der Waals surface area (Å²) in [4.78, 5) is 13.7. The van der Waals surface area contributed by atoms with Crippen molar-refractivity contribution in [3.8, 4) is 0 Å². The first kappa shape index (κ1) is 13.3. The number of hydrogen-bond donors (Lipinski definition) is 1. The standard InChI is InChI=1S/C16H17NO2/c1-17(16(19)14-10-6-3-7-11-14)12-15(18)13-8-4-2-5-9-13/h2-11,15,18H,12H2,1H3/t15-/m1/s1. The van der Waals surface area contributed by atoms with Crippen LogP contribution in [-0.4, -0.2) is 29.5 Å². The Morgan fingerprint density at radius 1 is 1.05 bits per heavy atom. The van der Waals surface area contributed by atoms with E-state index in [1.807, 2.05) is 48.5 Å². The van der Waals surface area contributed by atoms with Crippen LogP contribution in [0, 0.1) is 0 Å². The smallest absolute Gasteiger partial charge is 0.253 e. The lowest BCUT2D eigenvalue weighted by atomic mass is 10.1. The SMILES string of the molecule is CN(C[C@@H](O)c1ccccc1)C(=O)c1ccccc1. The lowest BCUT2D eigenvalue weighted by Gasteiger charge is -2.21. The summed E-state index contributed by atoms with van der Waals surface area (Å²) in [5.74, 6) is -0.0874. The highest BCUT2D eigenvalue weighted by Gasteiger charge is 2.16. The fourth-order valence-corrected chi connectivity index (χ4v) is 1.92. The van der Waals surface area contributed by atoms with E-state index in [4.69, 9.17) is 0 Å². The molecule has 1 atom stereocenters. The van der Waals surface area contributed by atoms with Crippen molar-refractivity contribution in [3.63, 3.8) is 0 Å². The van der Waals surface area contributed by atoms with E-state index in [1.54, 1.807) is 19.2 Å². The second kappa shape index (κ2) is 6.16. The van der Waals surface area contributed by atoms with Crippen LogP contribution in [0.3, 0.4) is 0 Å². The van der Waals surface area contributed by atoms with Gasteiger partial charge in [0.15, 0.2) is 0 Å². The molecule has 3 nitrogen and oxygen atoms in total. The van der Waals surface area contributed by atoms with Crippen LogP contribution in [0.25, 0.3) is 0 Å². The van der Waals surface area contributed by atoms with E-state index in [0.717, 1.165) is 5.56 Å². The second-order valence-corrected chi connectivity index (χ2v) is 4.48. The van der Waals surface area contributed by atoms with E-state index in [9.17, 15) is 9.90 Å². The van der Waals surface area contributed by atoms with Gasteiger partial charge >= 0.3 is 0 Å². The number of rotatable bonds is 4. The fraction of sp³-hybridized carbons (Fsp3) is 0.188. The minimum absolute atomic E-state index is 0.0874. The quantitative estimate of drug-likeness (QED) is 0.911. The summed E-state index contributed by atoms with van der Waals surface area (Å²) in [6.07, 6.45) is -0.668. The highest BCUT2D eigenvalue weighted by Crippen LogP contribution is 2.14. The second-order valence-electron chi connectivity index (χ2n) is 4.48. The number of hydrogen-bond acceptors (Lipinski definition) is 2. The van der Waals surface area contributed by atoms with Crippen molar-refractivity contribution in [3.05, 3.63) is 71.8 Å². The van der Waals surface area contributed by atoms with Gasteiger partial charge in [-0.1, -0.05) is 48.5 Å². The molecule has 0 spiro atoms. The van der Waals surface area contributed by atoms with Crippen LogP contribution < -0.4 is 0 Å². The topological polar surface area (TPSA) is 40.5 Å². The maximum Gasteiger partial charge on any atom is 0.253 e. The highest BCUT2D eigenvalue weighted by molar-refractivity contribution is 5.94. The number of amides is 1. The third kappa shape index (κ3) is 3.42. The Kier molecular flexibility index (Phi) is 4.31. The molecule has 0 aliphatic carbocycles. The lowest BCUT2D eigenvalue weighted by molar-refractivity contribution is 0.0681. The van der Waals surface area contributed by atoms with Crippen LogP contribution in [0.2, 0.25) is 0 Å². The minimum Gasteiger partial charge on any atom is -0.387 e. The minimum atomic E-state index is -0.668. The maximum absolute atomic E-state index is 12.1. The van der Waals surface area contributed by atoms with Gasteiger partial charge in [0.1, 0.15) is 0 Å². The Morgan fingerprint density at radius 2 is 1.58 bits per heavy atom. The Labute approximate surface area is 113 Å². The fourth-order valence-electron chi connectivity index (χ4n) is 1.92. The summed E-state index contributed by atoms with van der Waals surface area (Å²) >= 11 is 0.